The number of unbranched alkanes of at least 4 members (excludes halogenated alkanes) is 2. The molecular formula is C46H56N3O3S+. The van der Waals surface area contributed by atoms with E-state index in [1.54, 1.807) is 0 Å². The molecule has 1 aliphatic carbocycles. The zero-order valence-electron chi connectivity index (χ0n) is 32.0. The van der Waals surface area contributed by atoms with Crippen molar-refractivity contribution in [2.24, 2.45) is 5.41 Å². The molecule has 53 heavy (non-hydrogen) atoms. The number of carbonyl (C=O) groups is 3. The normalized spacial score (nSPS) is 23.1. The van der Waals surface area contributed by atoms with Gasteiger partial charge in [0, 0.05) is 71.6 Å². The van der Waals surface area contributed by atoms with Crippen LogP contribution in [0.4, 0.5) is 5.69 Å². The van der Waals surface area contributed by atoms with Crippen LogP contribution in [-0.2, 0) is 19.8 Å². The number of carbonyl (C=O) groups excluding carboxylic acids is 3. The number of allylic oxidation sites excluding steroid dienone is 17. The monoisotopic (exact) mass is 730 g/mol. The Labute approximate surface area is 322 Å². The first-order valence-corrected chi connectivity index (χ1v) is 19.5. The molecule has 6 nitrogen and oxygen atoms in total. The standard InChI is InChI=1S/C46H55N3O3S/c1-35-33-45(2,3)41(47(35)31-19-22-36-20-13-8-6-9-14-21-36)24-16-10-7-11-17-25-42-46(4,5)39-32-38(53)26-27-40(39)48(42)30-18-12-15-23-37(50)34-49-43(51)28-29-44(49)52/h6-11,13-14,16-17,20-21,24-27,32H,1,12,15,18-19,22-23,28-31,33-34H2,2-5H3/p+1/b8-6-,9-6?,13-8?,14-9-,20-13-,21-14?,36-20?,36-21+. The van der Waals surface area contributed by atoms with Crippen molar-refractivity contribution >= 4 is 41.6 Å². The molecular weight excluding hydrogens is 675 g/mol. The first-order chi connectivity index (χ1) is 25.4. The zero-order valence-corrected chi connectivity index (χ0v) is 32.9. The number of amides is 2. The third-order valence-electron chi connectivity index (χ3n) is 10.6. The van der Waals surface area contributed by atoms with Gasteiger partial charge in [-0.15, -0.1) is 12.6 Å². The maximum Gasteiger partial charge on any atom is 0.230 e. The van der Waals surface area contributed by atoms with Crippen molar-refractivity contribution in [2.45, 2.75) is 95.8 Å². The molecule has 0 bridgehead atoms. The lowest BCUT2D eigenvalue weighted by molar-refractivity contribution is -0.438. The number of likely N-dealkylation sites (tertiary alicyclic amines) is 2. The van der Waals surface area contributed by atoms with Crippen molar-refractivity contribution in [1.82, 2.24) is 9.80 Å². The topological polar surface area (TPSA) is 60.7 Å². The molecule has 0 N–H and O–H groups in total. The van der Waals surface area contributed by atoms with E-state index in [-0.39, 0.29) is 47.8 Å². The summed E-state index contributed by atoms with van der Waals surface area (Å²) in [7, 11) is 0. The summed E-state index contributed by atoms with van der Waals surface area (Å²) in [5.74, 6) is -0.515. The predicted octanol–water partition coefficient (Wildman–Crippen LogP) is 9.82. The molecule has 0 radical (unpaired) electrons. The Bertz CT molecular complexity index is 1860. The Kier molecular flexibility index (Phi) is 13.5. The Balaban J connectivity index is 1.19. The summed E-state index contributed by atoms with van der Waals surface area (Å²) in [5.41, 5.74) is 7.37. The van der Waals surface area contributed by atoms with Crippen LogP contribution in [0.3, 0.4) is 0 Å². The fraction of sp³-hybridized carbons (Fsp3) is 0.391. The quantitative estimate of drug-likeness (QED) is 0.0605. The molecule has 4 aliphatic rings. The molecule has 5 rings (SSSR count). The molecule has 0 atom stereocenters. The highest BCUT2D eigenvalue weighted by molar-refractivity contribution is 7.80. The maximum atomic E-state index is 12.5. The highest BCUT2D eigenvalue weighted by Crippen LogP contribution is 2.45. The summed E-state index contributed by atoms with van der Waals surface area (Å²) in [6.45, 7) is 15.2. The summed E-state index contributed by atoms with van der Waals surface area (Å²) in [4.78, 5) is 40.7. The number of fused-ring (bicyclic) bond motifs is 1. The van der Waals surface area contributed by atoms with E-state index >= 15 is 0 Å². The lowest BCUT2D eigenvalue weighted by Crippen LogP contribution is -2.34. The Morgan fingerprint density at radius 2 is 1.60 bits per heavy atom. The predicted molar refractivity (Wildman–Crippen MR) is 220 cm³/mol. The first-order valence-electron chi connectivity index (χ1n) is 19.1. The summed E-state index contributed by atoms with van der Waals surface area (Å²) < 4.78 is 2.40. The lowest BCUT2D eigenvalue weighted by Gasteiger charge is -2.26. The van der Waals surface area contributed by atoms with Gasteiger partial charge in [-0.2, -0.15) is 4.58 Å². The van der Waals surface area contributed by atoms with E-state index < -0.39 is 0 Å². The van der Waals surface area contributed by atoms with Gasteiger partial charge in [0.25, 0.3) is 0 Å². The number of hydrogen-bond donors (Lipinski definition) is 1. The molecule has 2 saturated heterocycles. The minimum atomic E-state index is -0.233. The summed E-state index contributed by atoms with van der Waals surface area (Å²) >= 11 is 4.64. The van der Waals surface area contributed by atoms with E-state index in [9.17, 15) is 14.4 Å². The molecule has 1 aromatic carbocycles. The van der Waals surface area contributed by atoms with Crippen LogP contribution >= 0.6 is 12.6 Å². The maximum absolute atomic E-state index is 12.5. The Morgan fingerprint density at radius 1 is 0.887 bits per heavy atom. The molecule has 3 aliphatic heterocycles. The van der Waals surface area contributed by atoms with Crippen molar-refractivity contribution in [3.8, 4) is 0 Å². The van der Waals surface area contributed by atoms with E-state index in [2.05, 4.69) is 147 Å². The average Bonchev–Trinajstić information content (AvgIpc) is 3.60. The van der Waals surface area contributed by atoms with Gasteiger partial charge in [0.15, 0.2) is 11.5 Å². The van der Waals surface area contributed by atoms with Crippen LogP contribution < -0.4 is 0 Å². The van der Waals surface area contributed by atoms with Crippen LogP contribution in [0.25, 0.3) is 0 Å². The van der Waals surface area contributed by atoms with Crippen LogP contribution in [0.1, 0.15) is 91.0 Å². The highest BCUT2D eigenvalue weighted by Gasteiger charge is 2.44. The number of imide groups is 1. The largest absolute Gasteiger partial charge is 0.349 e. The second-order valence-electron chi connectivity index (χ2n) is 15.5. The van der Waals surface area contributed by atoms with Gasteiger partial charge >= 0.3 is 0 Å². The number of nitrogens with zero attached hydrogens (tertiary/aromatic N) is 3. The summed E-state index contributed by atoms with van der Waals surface area (Å²) in [6, 6.07) is 6.37. The van der Waals surface area contributed by atoms with Gasteiger partial charge in [-0.25, -0.2) is 0 Å². The number of thiol groups is 1. The van der Waals surface area contributed by atoms with E-state index in [4.69, 9.17) is 0 Å². The van der Waals surface area contributed by atoms with Gasteiger partial charge < -0.3 is 4.90 Å². The molecule has 0 aromatic heterocycles. The van der Waals surface area contributed by atoms with E-state index in [0.717, 1.165) is 61.4 Å². The minimum absolute atomic E-state index is 0.0397. The smallest absolute Gasteiger partial charge is 0.230 e. The number of ketones is 1. The molecule has 7 heteroatoms. The minimum Gasteiger partial charge on any atom is -0.349 e. The van der Waals surface area contributed by atoms with Crippen molar-refractivity contribution in [2.75, 3.05) is 19.6 Å². The third-order valence-corrected chi connectivity index (χ3v) is 10.9. The van der Waals surface area contributed by atoms with E-state index in [0.29, 0.717) is 6.42 Å². The summed E-state index contributed by atoms with van der Waals surface area (Å²) in [5, 5.41) is 0. The number of Topliss-reactive ketones (excluding diaryl/α,β-unsaturated/α-hetero) is 1. The van der Waals surface area contributed by atoms with Crippen LogP contribution in [-0.4, -0.2) is 57.3 Å². The second kappa shape index (κ2) is 18.0. The SMILES string of the molecule is C=C1CC(C)(C)\C(=C/C=C/C=C/C=C/C2=[N+](CCCCCC(=O)CN3C(=O)CCC3=O)c3ccc(S)cc3C2(C)C)N1CCCC1=C/C=C\C=C/C=C\1. The molecule has 278 valence electrons. The van der Waals surface area contributed by atoms with E-state index in [1.165, 1.54) is 33.9 Å². The fourth-order valence-corrected chi connectivity index (χ4v) is 7.96. The average molecular weight is 731 g/mol. The van der Waals surface area contributed by atoms with Gasteiger partial charge in [-0.3, -0.25) is 19.3 Å². The van der Waals surface area contributed by atoms with Gasteiger partial charge in [-0.05, 0) is 69.7 Å². The van der Waals surface area contributed by atoms with Crippen LogP contribution in [0, 0.1) is 5.41 Å². The van der Waals surface area contributed by atoms with Gasteiger partial charge in [0.1, 0.15) is 6.54 Å². The third kappa shape index (κ3) is 10.1. The molecule has 3 heterocycles. The molecule has 1 aromatic rings. The van der Waals surface area contributed by atoms with Gasteiger partial charge in [-0.1, -0.05) is 93.3 Å². The lowest BCUT2D eigenvalue weighted by atomic mass is 9.81. The second-order valence-corrected chi connectivity index (χ2v) is 16.0. The molecule has 0 unspecified atom stereocenters. The van der Waals surface area contributed by atoms with Gasteiger partial charge in [0.05, 0.1) is 12.0 Å². The molecule has 2 amide bonds. The van der Waals surface area contributed by atoms with Gasteiger partial charge in [0.2, 0.25) is 17.5 Å². The number of benzene rings is 1. The highest BCUT2D eigenvalue weighted by atomic mass is 32.1. The fourth-order valence-electron chi connectivity index (χ4n) is 7.75. The molecule has 0 spiro atoms. The van der Waals surface area contributed by atoms with Crippen LogP contribution in [0.5, 0.6) is 0 Å². The van der Waals surface area contributed by atoms with Crippen LogP contribution in [0.2, 0.25) is 0 Å². The van der Waals surface area contributed by atoms with Crippen molar-refractivity contribution < 1.29 is 19.0 Å². The van der Waals surface area contributed by atoms with Crippen molar-refractivity contribution in [3.05, 3.63) is 132 Å². The number of rotatable bonds is 16. The number of hydrogen-bond acceptors (Lipinski definition) is 5. The first kappa shape index (κ1) is 39.7. The Hall–Kier alpha value is -4.49. The molecule has 2 fully saturated rings. The van der Waals surface area contributed by atoms with Crippen LogP contribution in [0.15, 0.2) is 132 Å². The summed E-state index contributed by atoms with van der Waals surface area (Å²) in [6.07, 6.45) is 36.2. The van der Waals surface area contributed by atoms with E-state index in [1.807, 2.05) is 12.1 Å². The molecule has 0 saturated carbocycles. The van der Waals surface area contributed by atoms with Crippen molar-refractivity contribution in [1.29, 1.82) is 0 Å². The zero-order chi connectivity index (χ0) is 38.0. The Morgan fingerprint density at radius 3 is 2.40 bits per heavy atom. The van der Waals surface area contributed by atoms with Crippen molar-refractivity contribution in [3.63, 3.8) is 0 Å².